The standard InChI is InChI=1S/C18H21F3N2O6S2/c1-8-9(13(15(24)25)28-18(2,3)4)12(29-31(26,27)16(20)21)14-11(10(8)19)22-17(30-14)23-6-5-7-23/h13,16H,5-7H2,1-4H3,(H,24,25). The predicted molar refractivity (Wildman–Crippen MR) is 108 cm³/mol. The van der Waals surface area contributed by atoms with E-state index in [1.165, 1.54) is 27.7 Å². The molecule has 2 aromatic rings. The first-order valence-electron chi connectivity index (χ1n) is 9.22. The lowest BCUT2D eigenvalue weighted by molar-refractivity contribution is -0.160. The number of rotatable bonds is 7. The number of alkyl halides is 2. The molecule has 1 N–H and O–H groups in total. The smallest absolute Gasteiger partial charge is 0.372 e. The van der Waals surface area contributed by atoms with Crippen LogP contribution in [0.15, 0.2) is 0 Å². The molecule has 13 heteroatoms. The lowest BCUT2D eigenvalue weighted by Gasteiger charge is -2.30. The topological polar surface area (TPSA) is 106 Å². The third-order valence-electron chi connectivity index (χ3n) is 4.51. The molecule has 0 bridgehead atoms. The molecule has 0 amide bonds. The minimum Gasteiger partial charge on any atom is -0.479 e. The lowest BCUT2D eigenvalue weighted by atomic mass is 9.99. The van der Waals surface area contributed by atoms with Gasteiger partial charge in [0.1, 0.15) is 10.2 Å². The van der Waals surface area contributed by atoms with Crippen molar-refractivity contribution >= 4 is 42.8 Å². The Labute approximate surface area is 180 Å². The van der Waals surface area contributed by atoms with Crippen molar-refractivity contribution in [3.05, 3.63) is 16.9 Å². The fourth-order valence-corrected chi connectivity index (χ4v) is 4.62. The van der Waals surface area contributed by atoms with E-state index in [4.69, 9.17) is 8.92 Å². The molecule has 1 aliphatic rings. The molecule has 1 fully saturated rings. The summed E-state index contributed by atoms with van der Waals surface area (Å²) >= 11 is 0.836. The van der Waals surface area contributed by atoms with Gasteiger partial charge in [-0.05, 0) is 39.7 Å². The number of hydrogen-bond donors (Lipinski definition) is 1. The monoisotopic (exact) mass is 482 g/mol. The SMILES string of the molecule is Cc1c(C(OC(C)(C)C)C(=O)O)c(OS(=O)(=O)C(F)F)c2sc(N3CCC3)nc2c1F. The fourth-order valence-electron chi connectivity index (χ4n) is 2.98. The van der Waals surface area contributed by atoms with Crippen molar-refractivity contribution in [2.75, 3.05) is 18.0 Å². The summed E-state index contributed by atoms with van der Waals surface area (Å²) in [5, 5.41) is 10.1. The molecule has 1 atom stereocenters. The maximum atomic E-state index is 15.2. The summed E-state index contributed by atoms with van der Waals surface area (Å²) in [6.45, 7) is 7.10. The highest BCUT2D eigenvalue weighted by Crippen LogP contribution is 2.46. The normalized spacial score (nSPS) is 15.9. The van der Waals surface area contributed by atoms with Gasteiger partial charge in [0.2, 0.25) is 0 Å². The van der Waals surface area contributed by atoms with Gasteiger partial charge in [-0.15, -0.1) is 0 Å². The third kappa shape index (κ3) is 4.58. The van der Waals surface area contributed by atoms with Crippen molar-refractivity contribution in [3.63, 3.8) is 0 Å². The molecule has 1 aromatic heterocycles. The Bertz CT molecular complexity index is 1120. The van der Waals surface area contributed by atoms with Crippen LogP contribution in [-0.4, -0.2) is 48.9 Å². The van der Waals surface area contributed by atoms with Gasteiger partial charge in [-0.2, -0.15) is 17.2 Å². The summed E-state index contributed by atoms with van der Waals surface area (Å²) in [5.74, 6) is -7.08. The number of anilines is 1. The first kappa shape index (κ1) is 23.5. The van der Waals surface area contributed by atoms with Gasteiger partial charge >= 0.3 is 21.8 Å². The summed E-state index contributed by atoms with van der Waals surface area (Å²) in [6, 6.07) is 0. The second-order valence-corrected chi connectivity index (χ2v) is 10.5. The summed E-state index contributed by atoms with van der Waals surface area (Å²) in [7, 11) is -5.44. The number of hydrogen-bond acceptors (Lipinski definition) is 8. The zero-order valence-electron chi connectivity index (χ0n) is 17.1. The largest absolute Gasteiger partial charge is 0.479 e. The van der Waals surface area contributed by atoms with Gasteiger partial charge in [-0.1, -0.05) is 11.3 Å². The van der Waals surface area contributed by atoms with Crippen molar-refractivity contribution in [3.8, 4) is 5.75 Å². The first-order valence-corrected chi connectivity index (χ1v) is 11.5. The highest BCUT2D eigenvalue weighted by atomic mass is 32.2. The van der Waals surface area contributed by atoms with Crippen molar-refractivity contribution in [1.29, 1.82) is 0 Å². The molecule has 1 saturated heterocycles. The van der Waals surface area contributed by atoms with E-state index >= 15 is 4.39 Å². The van der Waals surface area contributed by atoms with Crippen LogP contribution in [-0.2, 0) is 19.6 Å². The maximum Gasteiger partial charge on any atom is 0.372 e. The van der Waals surface area contributed by atoms with E-state index < -0.39 is 50.7 Å². The second-order valence-electron chi connectivity index (χ2n) is 7.98. The van der Waals surface area contributed by atoms with Gasteiger partial charge in [-0.3, -0.25) is 0 Å². The number of carboxylic acid groups (broad SMARTS) is 1. The van der Waals surface area contributed by atoms with Crippen molar-refractivity contribution in [2.45, 2.75) is 51.6 Å². The number of aromatic nitrogens is 1. The van der Waals surface area contributed by atoms with E-state index in [1.807, 2.05) is 0 Å². The Hall–Kier alpha value is -2.12. The van der Waals surface area contributed by atoms with Crippen LogP contribution >= 0.6 is 11.3 Å². The van der Waals surface area contributed by atoms with Crippen LogP contribution in [0.5, 0.6) is 5.75 Å². The van der Waals surface area contributed by atoms with E-state index in [0.29, 0.717) is 18.2 Å². The van der Waals surface area contributed by atoms with E-state index in [1.54, 1.807) is 4.90 Å². The average Bonchev–Trinajstić information content (AvgIpc) is 3.00. The molecule has 8 nitrogen and oxygen atoms in total. The molecule has 0 aliphatic carbocycles. The molecule has 0 radical (unpaired) electrons. The Kier molecular flexibility index (Phi) is 6.15. The van der Waals surface area contributed by atoms with Crippen LogP contribution < -0.4 is 9.08 Å². The van der Waals surface area contributed by atoms with Crippen LogP contribution in [0.1, 0.15) is 44.4 Å². The zero-order chi connectivity index (χ0) is 23.3. The Morgan fingerprint density at radius 1 is 1.29 bits per heavy atom. The number of fused-ring (bicyclic) bond motifs is 1. The minimum atomic E-state index is -5.44. The molecule has 172 valence electrons. The van der Waals surface area contributed by atoms with E-state index in [0.717, 1.165) is 17.8 Å². The van der Waals surface area contributed by atoms with E-state index in [9.17, 15) is 27.1 Å². The fraction of sp³-hybridized carbons (Fsp3) is 0.556. The van der Waals surface area contributed by atoms with Gasteiger partial charge in [0, 0.05) is 18.7 Å². The Morgan fingerprint density at radius 2 is 1.90 bits per heavy atom. The van der Waals surface area contributed by atoms with Gasteiger partial charge in [0.25, 0.3) is 0 Å². The molecule has 2 heterocycles. The molecule has 1 aliphatic heterocycles. The molecule has 1 unspecified atom stereocenters. The third-order valence-corrected chi connectivity index (χ3v) is 6.46. The molecule has 31 heavy (non-hydrogen) atoms. The Morgan fingerprint density at radius 3 is 2.35 bits per heavy atom. The number of carboxylic acids is 1. The first-order chi connectivity index (χ1) is 14.2. The number of carbonyl (C=O) groups is 1. The number of nitrogens with zero attached hydrogens (tertiary/aromatic N) is 2. The van der Waals surface area contributed by atoms with Crippen molar-refractivity contribution < 1.29 is 40.4 Å². The molecule has 3 rings (SSSR count). The van der Waals surface area contributed by atoms with Crippen molar-refractivity contribution in [2.24, 2.45) is 0 Å². The number of aliphatic carboxylic acids is 1. The Balaban J connectivity index is 2.34. The van der Waals surface area contributed by atoms with E-state index in [2.05, 4.69) is 4.98 Å². The van der Waals surface area contributed by atoms with Crippen LogP contribution in [0.3, 0.4) is 0 Å². The maximum absolute atomic E-state index is 15.2. The van der Waals surface area contributed by atoms with Crippen LogP contribution in [0.4, 0.5) is 18.3 Å². The summed E-state index contributed by atoms with van der Waals surface area (Å²) in [5.41, 5.74) is -2.14. The zero-order valence-corrected chi connectivity index (χ0v) is 18.7. The molecular formula is C18H21F3N2O6S2. The lowest BCUT2D eigenvalue weighted by Crippen LogP contribution is -2.36. The summed E-state index contributed by atoms with van der Waals surface area (Å²) in [4.78, 5) is 17.9. The molecule has 0 saturated carbocycles. The number of halogens is 3. The van der Waals surface area contributed by atoms with Gasteiger partial charge in [0.15, 0.2) is 22.8 Å². The van der Waals surface area contributed by atoms with Crippen molar-refractivity contribution in [1.82, 2.24) is 4.98 Å². The number of thiazole rings is 1. The number of benzene rings is 1. The quantitative estimate of drug-likeness (QED) is 0.594. The summed E-state index contributed by atoms with van der Waals surface area (Å²) < 4.78 is 75.2. The minimum absolute atomic E-state index is 0.187. The van der Waals surface area contributed by atoms with Gasteiger partial charge in [-0.25, -0.2) is 14.2 Å². The highest BCUT2D eigenvalue weighted by molar-refractivity contribution is 7.87. The van der Waals surface area contributed by atoms with Crippen LogP contribution in [0.2, 0.25) is 0 Å². The van der Waals surface area contributed by atoms with Gasteiger partial charge < -0.3 is 18.9 Å². The molecule has 1 aromatic carbocycles. The average molecular weight is 483 g/mol. The van der Waals surface area contributed by atoms with Gasteiger partial charge in [0.05, 0.1) is 5.60 Å². The van der Waals surface area contributed by atoms with Crippen LogP contribution in [0, 0.1) is 12.7 Å². The molecule has 0 spiro atoms. The molecular weight excluding hydrogens is 461 g/mol. The number of ether oxygens (including phenoxy) is 1. The second kappa shape index (κ2) is 8.10. The van der Waals surface area contributed by atoms with Crippen LogP contribution in [0.25, 0.3) is 10.2 Å². The predicted octanol–water partition coefficient (Wildman–Crippen LogP) is 3.83. The summed E-state index contributed by atoms with van der Waals surface area (Å²) in [6.07, 6.45) is -0.997. The van der Waals surface area contributed by atoms with E-state index in [-0.39, 0.29) is 15.8 Å². The highest BCUT2D eigenvalue weighted by Gasteiger charge is 2.38.